The third-order valence-corrected chi connectivity index (χ3v) is 2.94. The number of hydrogen-bond donors (Lipinski definition) is 2. The van der Waals surface area contributed by atoms with E-state index in [1.54, 1.807) is 12.1 Å². The highest BCUT2D eigenvalue weighted by atomic mass is 16.5. The molecule has 2 N–H and O–H groups in total. The molecular weight excluding hydrogens is 218 g/mol. The molecule has 2 rings (SSSR count). The van der Waals surface area contributed by atoms with E-state index in [9.17, 15) is 4.79 Å². The van der Waals surface area contributed by atoms with E-state index >= 15 is 0 Å². The summed E-state index contributed by atoms with van der Waals surface area (Å²) in [6.45, 7) is -0.296. The van der Waals surface area contributed by atoms with Crippen LogP contribution in [0.3, 0.4) is 0 Å². The second-order valence-electron chi connectivity index (χ2n) is 4.33. The zero-order valence-corrected chi connectivity index (χ0v) is 9.69. The number of rotatable bonds is 5. The first-order valence-electron chi connectivity index (χ1n) is 5.95. The monoisotopic (exact) mass is 235 g/mol. The maximum Gasteiger partial charge on any atom is 0.341 e. The lowest BCUT2D eigenvalue weighted by molar-refractivity contribution is -0.139. The van der Waals surface area contributed by atoms with Crippen molar-refractivity contribution in [3.63, 3.8) is 0 Å². The summed E-state index contributed by atoms with van der Waals surface area (Å²) < 4.78 is 5.07. The summed E-state index contributed by atoms with van der Waals surface area (Å²) in [5.41, 5.74) is 1.07. The molecule has 4 heteroatoms. The fourth-order valence-electron chi connectivity index (χ4n) is 2.10. The molecule has 0 radical (unpaired) electrons. The van der Waals surface area contributed by atoms with Gasteiger partial charge in [-0.2, -0.15) is 0 Å². The predicted octanol–water partition coefficient (Wildman–Crippen LogP) is 2.50. The molecule has 1 aromatic rings. The molecule has 1 aliphatic carbocycles. The van der Waals surface area contributed by atoms with E-state index in [0.717, 1.165) is 5.69 Å². The molecule has 1 aliphatic rings. The van der Waals surface area contributed by atoms with Crippen LogP contribution in [0.25, 0.3) is 0 Å². The molecule has 0 aliphatic heterocycles. The zero-order chi connectivity index (χ0) is 12.1. The number of ether oxygens (including phenoxy) is 1. The van der Waals surface area contributed by atoms with Crippen molar-refractivity contribution in [2.24, 2.45) is 0 Å². The average molecular weight is 235 g/mol. The Hall–Kier alpha value is -1.71. The molecule has 0 atom stereocenters. The van der Waals surface area contributed by atoms with Gasteiger partial charge in [0.1, 0.15) is 5.75 Å². The molecule has 17 heavy (non-hydrogen) atoms. The Bertz CT molecular complexity index is 369. The Kier molecular flexibility index (Phi) is 3.85. The zero-order valence-electron chi connectivity index (χ0n) is 9.69. The normalized spacial score (nSPS) is 15.8. The summed E-state index contributed by atoms with van der Waals surface area (Å²) in [7, 11) is 0. The van der Waals surface area contributed by atoms with Crippen LogP contribution in [-0.2, 0) is 4.79 Å². The van der Waals surface area contributed by atoms with Crippen molar-refractivity contribution in [3.05, 3.63) is 24.3 Å². The van der Waals surface area contributed by atoms with Gasteiger partial charge < -0.3 is 15.2 Å². The lowest BCUT2D eigenvalue weighted by atomic mass is 10.2. The fourth-order valence-corrected chi connectivity index (χ4v) is 2.10. The molecule has 0 heterocycles. The van der Waals surface area contributed by atoms with Gasteiger partial charge in [0.2, 0.25) is 0 Å². The Balaban J connectivity index is 1.86. The van der Waals surface area contributed by atoms with Crippen LogP contribution in [-0.4, -0.2) is 23.7 Å². The van der Waals surface area contributed by atoms with Crippen LogP contribution in [0.5, 0.6) is 5.75 Å². The van der Waals surface area contributed by atoms with Crippen LogP contribution in [0, 0.1) is 0 Å². The van der Waals surface area contributed by atoms with Gasteiger partial charge in [0, 0.05) is 11.7 Å². The molecule has 1 saturated carbocycles. The van der Waals surface area contributed by atoms with E-state index in [0.29, 0.717) is 11.8 Å². The number of hydrogen-bond acceptors (Lipinski definition) is 3. The van der Waals surface area contributed by atoms with Crippen molar-refractivity contribution in [1.29, 1.82) is 0 Å². The second-order valence-corrected chi connectivity index (χ2v) is 4.33. The van der Waals surface area contributed by atoms with Gasteiger partial charge in [0.25, 0.3) is 0 Å². The largest absolute Gasteiger partial charge is 0.482 e. The van der Waals surface area contributed by atoms with Crippen LogP contribution < -0.4 is 10.1 Å². The minimum atomic E-state index is -0.960. The summed E-state index contributed by atoms with van der Waals surface area (Å²) in [5, 5.41) is 11.9. The quantitative estimate of drug-likeness (QED) is 0.823. The van der Waals surface area contributed by atoms with Crippen LogP contribution in [0.4, 0.5) is 5.69 Å². The van der Waals surface area contributed by atoms with Gasteiger partial charge in [0.15, 0.2) is 6.61 Å². The molecule has 0 bridgehead atoms. The van der Waals surface area contributed by atoms with Crippen LogP contribution in [0.2, 0.25) is 0 Å². The lowest BCUT2D eigenvalue weighted by Crippen LogP contribution is -2.14. The summed E-state index contributed by atoms with van der Waals surface area (Å²) >= 11 is 0. The molecule has 0 aromatic heterocycles. The lowest BCUT2D eigenvalue weighted by Gasteiger charge is -2.13. The number of carbonyl (C=O) groups is 1. The van der Waals surface area contributed by atoms with E-state index < -0.39 is 5.97 Å². The van der Waals surface area contributed by atoms with Crippen molar-refractivity contribution in [1.82, 2.24) is 0 Å². The summed E-state index contributed by atoms with van der Waals surface area (Å²) in [6.07, 6.45) is 5.07. The first-order chi connectivity index (χ1) is 8.24. The fraction of sp³-hybridized carbons (Fsp3) is 0.462. The minimum absolute atomic E-state index is 0.296. The standard InChI is InChI=1S/C13H17NO3/c15-13(16)9-17-12-7-5-11(6-8-12)14-10-3-1-2-4-10/h5-8,10,14H,1-4,9H2,(H,15,16). The van der Waals surface area contributed by atoms with Gasteiger partial charge in [-0.05, 0) is 37.1 Å². The molecule has 1 aromatic carbocycles. The first kappa shape index (κ1) is 11.8. The number of carboxylic acids is 1. The molecule has 0 amide bonds. The Morgan fingerprint density at radius 3 is 2.53 bits per heavy atom. The summed E-state index contributed by atoms with van der Waals surface area (Å²) in [5.74, 6) is -0.373. The van der Waals surface area contributed by atoms with Crippen molar-refractivity contribution in [2.75, 3.05) is 11.9 Å². The van der Waals surface area contributed by atoms with Gasteiger partial charge in [-0.25, -0.2) is 4.79 Å². The van der Waals surface area contributed by atoms with Crippen molar-refractivity contribution < 1.29 is 14.6 Å². The molecule has 0 saturated heterocycles. The van der Waals surface area contributed by atoms with Crippen molar-refractivity contribution in [2.45, 2.75) is 31.7 Å². The summed E-state index contributed by atoms with van der Waals surface area (Å²) in [6, 6.07) is 8.02. The SMILES string of the molecule is O=C(O)COc1ccc(NC2CCCC2)cc1. The maximum absolute atomic E-state index is 10.3. The third-order valence-electron chi connectivity index (χ3n) is 2.94. The Morgan fingerprint density at radius 2 is 1.94 bits per heavy atom. The van der Waals surface area contributed by atoms with Gasteiger partial charge in [-0.3, -0.25) is 0 Å². The van der Waals surface area contributed by atoms with Gasteiger partial charge >= 0.3 is 5.97 Å². The molecule has 0 unspecified atom stereocenters. The highest BCUT2D eigenvalue weighted by Crippen LogP contribution is 2.23. The number of benzene rings is 1. The van der Waals surface area contributed by atoms with Crippen LogP contribution >= 0.6 is 0 Å². The third kappa shape index (κ3) is 3.66. The van der Waals surface area contributed by atoms with Crippen molar-refractivity contribution in [3.8, 4) is 5.75 Å². The first-order valence-corrected chi connectivity index (χ1v) is 5.95. The average Bonchev–Trinajstić information content (AvgIpc) is 2.81. The maximum atomic E-state index is 10.3. The number of anilines is 1. The topological polar surface area (TPSA) is 58.6 Å². The van der Waals surface area contributed by atoms with Crippen LogP contribution in [0.1, 0.15) is 25.7 Å². The van der Waals surface area contributed by atoms with E-state index in [1.807, 2.05) is 12.1 Å². The van der Waals surface area contributed by atoms with E-state index in [2.05, 4.69) is 5.32 Å². The highest BCUT2D eigenvalue weighted by Gasteiger charge is 2.14. The smallest absolute Gasteiger partial charge is 0.341 e. The molecule has 0 spiro atoms. The Morgan fingerprint density at radius 1 is 1.29 bits per heavy atom. The minimum Gasteiger partial charge on any atom is -0.482 e. The van der Waals surface area contributed by atoms with E-state index in [4.69, 9.17) is 9.84 Å². The number of nitrogens with one attached hydrogen (secondary N) is 1. The number of carboxylic acid groups (broad SMARTS) is 1. The molecule has 4 nitrogen and oxygen atoms in total. The van der Waals surface area contributed by atoms with Gasteiger partial charge in [-0.1, -0.05) is 12.8 Å². The van der Waals surface area contributed by atoms with E-state index in [1.165, 1.54) is 25.7 Å². The Labute approximate surface area is 101 Å². The molecule has 1 fully saturated rings. The van der Waals surface area contributed by atoms with Gasteiger partial charge in [-0.15, -0.1) is 0 Å². The second kappa shape index (κ2) is 5.57. The molecule has 92 valence electrons. The highest BCUT2D eigenvalue weighted by molar-refractivity contribution is 5.68. The van der Waals surface area contributed by atoms with Crippen LogP contribution in [0.15, 0.2) is 24.3 Å². The van der Waals surface area contributed by atoms with Gasteiger partial charge in [0.05, 0.1) is 0 Å². The molecular formula is C13H17NO3. The van der Waals surface area contributed by atoms with E-state index in [-0.39, 0.29) is 6.61 Å². The predicted molar refractivity (Wildman–Crippen MR) is 65.5 cm³/mol. The number of aliphatic carboxylic acids is 1. The van der Waals surface area contributed by atoms with Crippen molar-refractivity contribution >= 4 is 11.7 Å². The summed E-state index contributed by atoms with van der Waals surface area (Å²) in [4.78, 5) is 10.3.